The first kappa shape index (κ1) is 12.3. The molecule has 90 valence electrons. The van der Waals surface area contributed by atoms with Crippen molar-refractivity contribution < 1.29 is 9.47 Å². The van der Waals surface area contributed by atoms with Crippen molar-refractivity contribution in [2.45, 2.75) is 12.5 Å². The summed E-state index contributed by atoms with van der Waals surface area (Å²) in [6.45, 7) is 0.556. The Morgan fingerprint density at radius 2 is 2.24 bits per heavy atom. The molecule has 0 spiro atoms. The summed E-state index contributed by atoms with van der Waals surface area (Å²) in [7, 11) is 1.66. The number of hydrogen-bond donors (Lipinski definition) is 0. The summed E-state index contributed by atoms with van der Waals surface area (Å²) in [5, 5.41) is 9.01. The van der Waals surface area contributed by atoms with Crippen molar-refractivity contribution in [1.29, 1.82) is 0 Å². The van der Waals surface area contributed by atoms with E-state index in [4.69, 9.17) is 21.1 Å². The molecule has 0 radical (unpaired) electrons. The molecule has 0 aliphatic heterocycles. The van der Waals surface area contributed by atoms with Gasteiger partial charge in [-0.3, -0.25) is 0 Å². The van der Waals surface area contributed by atoms with E-state index in [0.29, 0.717) is 17.7 Å². The monoisotopic (exact) mass is 270 g/mol. The number of hydrogen-bond acceptors (Lipinski definition) is 5. The van der Waals surface area contributed by atoms with Crippen molar-refractivity contribution in [2.24, 2.45) is 0 Å². The number of rotatable bonds is 5. The lowest BCUT2D eigenvalue weighted by atomic mass is 10.2. The van der Waals surface area contributed by atoms with Gasteiger partial charge >= 0.3 is 0 Å². The lowest BCUT2D eigenvalue weighted by Crippen LogP contribution is -1.89. The van der Waals surface area contributed by atoms with E-state index < -0.39 is 0 Å². The second kappa shape index (κ2) is 5.95. The van der Waals surface area contributed by atoms with Gasteiger partial charge in [0.2, 0.25) is 0 Å². The van der Waals surface area contributed by atoms with E-state index in [1.54, 1.807) is 7.11 Å². The Morgan fingerprint density at radius 3 is 2.94 bits per heavy atom. The summed E-state index contributed by atoms with van der Waals surface area (Å²) in [6.07, 6.45) is 0. The van der Waals surface area contributed by atoms with Gasteiger partial charge in [0.05, 0.1) is 12.5 Å². The number of halogens is 1. The van der Waals surface area contributed by atoms with E-state index in [1.807, 2.05) is 24.3 Å². The van der Waals surface area contributed by atoms with Gasteiger partial charge in [0.1, 0.15) is 10.8 Å². The average molecular weight is 271 g/mol. The third-order valence-electron chi connectivity index (χ3n) is 1.98. The molecule has 17 heavy (non-hydrogen) atoms. The molecule has 4 nitrogen and oxygen atoms in total. The molecule has 2 aromatic rings. The fourth-order valence-corrected chi connectivity index (χ4v) is 2.07. The molecular formula is C11H11ClN2O2S. The van der Waals surface area contributed by atoms with Gasteiger partial charge in [0.25, 0.3) is 5.19 Å². The summed E-state index contributed by atoms with van der Waals surface area (Å²) >= 11 is 6.98. The van der Waals surface area contributed by atoms with Gasteiger partial charge in [-0.2, -0.15) is 0 Å². The van der Waals surface area contributed by atoms with Gasteiger partial charge in [-0.1, -0.05) is 28.6 Å². The molecule has 6 heteroatoms. The van der Waals surface area contributed by atoms with Crippen molar-refractivity contribution >= 4 is 22.9 Å². The lowest BCUT2D eigenvalue weighted by molar-refractivity contribution is 0.184. The quantitative estimate of drug-likeness (QED) is 0.783. The maximum atomic E-state index is 5.65. The maximum Gasteiger partial charge on any atom is 0.299 e. The molecule has 0 aliphatic rings. The summed E-state index contributed by atoms with van der Waals surface area (Å²) < 4.78 is 10.6. The minimum absolute atomic E-state index is 0.352. The average Bonchev–Trinajstić information content (AvgIpc) is 2.78. The topological polar surface area (TPSA) is 44.2 Å². The number of alkyl halides is 1. The van der Waals surface area contributed by atoms with Crippen LogP contribution in [0.15, 0.2) is 24.3 Å². The smallest absolute Gasteiger partial charge is 0.299 e. The Hall–Kier alpha value is -1.17. The number of aromatic nitrogens is 2. The largest absolute Gasteiger partial charge is 0.430 e. The van der Waals surface area contributed by atoms with E-state index in [2.05, 4.69) is 10.2 Å². The summed E-state index contributed by atoms with van der Waals surface area (Å²) in [6, 6.07) is 7.65. The number of nitrogens with zero attached hydrogens (tertiary/aromatic N) is 2. The predicted octanol–water partition coefficient (Wildman–Crippen LogP) is 3.22. The van der Waals surface area contributed by atoms with Crippen LogP contribution < -0.4 is 4.74 Å². The number of ether oxygens (including phenoxy) is 2. The highest BCUT2D eigenvalue weighted by Crippen LogP contribution is 2.26. The third-order valence-corrected chi connectivity index (χ3v) is 3.19. The Morgan fingerprint density at radius 1 is 1.35 bits per heavy atom. The van der Waals surface area contributed by atoms with E-state index >= 15 is 0 Å². The molecule has 0 saturated heterocycles. The highest BCUT2D eigenvalue weighted by Gasteiger charge is 2.05. The zero-order chi connectivity index (χ0) is 12.1. The van der Waals surface area contributed by atoms with Gasteiger partial charge in [-0.15, -0.1) is 16.7 Å². The van der Waals surface area contributed by atoms with Crippen LogP contribution in [0.1, 0.15) is 10.6 Å². The van der Waals surface area contributed by atoms with Crippen LogP contribution >= 0.6 is 22.9 Å². The van der Waals surface area contributed by atoms with Crippen LogP contribution in [0.4, 0.5) is 0 Å². The number of benzene rings is 1. The van der Waals surface area contributed by atoms with Crippen LogP contribution in [0, 0.1) is 0 Å². The van der Waals surface area contributed by atoms with Gasteiger partial charge in [0, 0.05) is 7.11 Å². The highest BCUT2D eigenvalue weighted by atomic mass is 35.5. The van der Waals surface area contributed by atoms with Gasteiger partial charge in [-0.05, 0) is 17.7 Å². The Labute approximate surface area is 108 Å². The molecule has 0 bridgehead atoms. The van der Waals surface area contributed by atoms with E-state index in [-0.39, 0.29) is 0 Å². The first-order chi connectivity index (χ1) is 8.31. The van der Waals surface area contributed by atoms with Gasteiger partial charge < -0.3 is 9.47 Å². The summed E-state index contributed by atoms with van der Waals surface area (Å²) in [5.41, 5.74) is 1.05. The third kappa shape index (κ3) is 3.39. The van der Waals surface area contributed by atoms with Crippen LogP contribution in [0.2, 0.25) is 0 Å². The molecular weight excluding hydrogens is 260 g/mol. The standard InChI is InChI=1S/C11H11ClN2O2S/c1-15-7-8-3-2-4-9(5-8)16-11-14-13-10(6-12)17-11/h2-5H,6-7H2,1H3. The van der Waals surface area contributed by atoms with E-state index in [9.17, 15) is 0 Å². The molecule has 0 saturated carbocycles. The maximum absolute atomic E-state index is 5.65. The zero-order valence-corrected chi connectivity index (χ0v) is 10.8. The van der Waals surface area contributed by atoms with Crippen LogP contribution in [-0.2, 0) is 17.2 Å². The SMILES string of the molecule is COCc1cccc(Oc2nnc(CCl)s2)c1. The fraction of sp³-hybridized carbons (Fsp3) is 0.273. The van der Waals surface area contributed by atoms with Crippen LogP contribution in [0.25, 0.3) is 0 Å². The van der Waals surface area contributed by atoms with Crippen LogP contribution in [-0.4, -0.2) is 17.3 Å². The summed E-state index contributed by atoms with van der Waals surface area (Å²) in [4.78, 5) is 0. The second-order valence-electron chi connectivity index (χ2n) is 3.28. The molecule has 0 amide bonds. The minimum atomic E-state index is 0.352. The number of methoxy groups -OCH3 is 1. The first-order valence-corrected chi connectivity index (χ1v) is 6.31. The second-order valence-corrected chi connectivity index (χ2v) is 4.57. The van der Waals surface area contributed by atoms with Gasteiger partial charge in [-0.25, -0.2) is 0 Å². The van der Waals surface area contributed by atoms with Crippen LogP contribution in [0.3, 0.4) is 0 Å². The van der Waals surface area contributed by atoms with Crippen LogP contribution in [0.5, 0.6) is 10.9 Å². The van der Waals surface area contributed by atoms with Crippen molar-refractivity contribution in [3.8, 4) is 10.9 Å². The Bertz CT molecular complexity index is 490. The minimum Gasteiger partial charge on any atom is -0.430 e. The normalized spacial score (nSPS) is 10.5. The molecule has 1 aromatic carbocycles. The molecule has 1 heterocycles. The lowest BCUT2D eigenvalue weighted by Gasteiger charge is -2.03. The molecule has 0 unspecified atom stereocenters. The van der Waals surface area contributed by atoms with Crippen molar-refractivity contribution in [2.75, 3.05) is 7.11 Å². The van der Waals surface area contributed by atoms with Crippen molar-refractivity contribution in [3.63, 3.8) is 0 Å². The predicted molar refractivity (Wildman–Crippen MR) is 66.7 cm³/mol. The van der Waals surface area contributed by atoms with E-state index in [1.165, 1.54) is 11.3 Å². The fourth-order valence-electron chi connectivity index (χ4n) is 1.30. The zero-order valence-electron chi connectivity index (χ0n) is 9.22. The molecule has 0 atom stereocenters. The molecule has 1 aromatic heterocycles. The Kier molecular flexibility index (Phi) is 4.30. The first-order valence-electron chi connectivity index (χ1n) is 4.96. The molecule has 0 aliphatic carbocycles. The van der Waals surface area contributed by atoms with Crippen molar-refractivity contribution in [3.05, 3.63) is 34.8 Å². The molecule has 2 rings (SSSR count). The van der Waals surface area contributed by atoms with Crippen molar-refractivity contribution in [1.82, 2.24) is 10.2 Å². The van der Waals surface area contributed by atoms with E-state index in [0.717, 1.165) is 16.3 Å². The Balaban J connectivity index is 2.09. The van der Waals surface area contributed by atoms with Gasteiger partial charge in [0.15, 0.2) is 0 Å². The molecule has 0 N–H and O–H groups in total. The summed E-state index contributed by atoms with van der Waals surface area (Å²) in [5.74, 6) is 1.07. The highest BCUT2D eigenvalue weighted by molar-refractivity contribution is 7.13. The molecule has 0 fully saturated rings.